The topological polar surface area (TPSA) is 63.4 Å². The highest BCUT2D eigenvalue weighted by Gasteiger charge is 2.34. The van der Waals surface area contributed by atoms with Crippen LogP contribution in [0.3, 0.4) is 0 Å². The summed E-state index contributed by atoms with van der Waals surface area (Å²) in [6.07, 6.45) is 1.06. The Kier molecular flexibility index (Phi) is 5.59. The van der Waals surface area contributed by atoms with E-state index in [2.05, 4.69) is 18.8 Å². The molecule has 2 unspecified atom stereocenters. The summed E-state index contributed by atoms with van der Waals surface area (Å²) in [5.41, 5.74) is 0.508. The van der Waals surface area contributed by atoms with Gasteiger partial charge in [-0.25, -0.2) is 12.8 Å². The van der Waals surface area contributed by atoms with E-state index >= 15 is 0 Å². The molecule has 0 aliphatic carbocycles. The van der Waals surface area contributed by atoms with Gasteiger partial charge in [0.2, 0.25) is 26.6 Å². The van der Waals surface area contributed by atoms with Gasteiger partial charge in [0, 0.05) is 23.7 Å². The highest BCUT2D eigenvalue weighted by Crippen LogP contribution is 2.37. The largest absolute Gasteiger partial charge is 0.419 e. The molecule has 0 bridgehead atoms. The van der Waals surface area contributed by atoms with E-state index in [-0.39, 0.29) is 21.7 Å². The molecule has 1 aliphatic heterocycles. The number of sulfone groups is 1. The fourth-order valence-electron chi connectivity index (χ4n) is 3.94. The average Bonchev–Trinajstić information content (AvgIpc) is 3.14. The molecule has 0 radical (unpaired) electrons. The van der Waals surface area contributed by atoms with Crippen LogP contribution in [-0.4, -0.2) is 26.5 Å². The van der Waals surface area contributed by atoms with Gasteiger partial charge in [0.1, 0.15) is 5.82 Å². The number of benzene rings is 2. The van der Waals surface area contributed by atoms with E-state index in [1.165, 1.54) is 48.5 Å². The van der Waals surface area contributed by atoms with Crippen LogP contribution in [0.25, 0.3) is 11.5 Å². The van der Waals surface area contributed by atoms with E-state index in [0.29, 0.717) is 35.5 Å². The van der Waals surface area contributed by atoms with E-state index in [1.807, 2.05) is 4.90 Å². The molecular formula is C22H22ClFN2O3S. The number of piperidine rings is 1. The molecule has 2 aromatic carbocycles. The smallest absolute Gasteiger partial charge is 0.236 e. The summed E-state index contributed by atoms with van der Waals surface area (Å²) in [6, 6.07) is 11.6. The first-order valence-corrected chi connectivity index (χ1v) is 11.6. The van der Waals surface area contributed by atoms with Crippen LogP contribution in [0.2, 0.25) is 5.02 Å². The molecule has 0 N–H and O–H groups in total. The fourth-order valence-corrected chi connectivity index (χ4v) is 5.39. The van der Waals surface area contributed by atoms with Crippen molar-refractivity contribution in [3.8, 4) is 11.5 Å². The number of hydrogen-bond acceptors (Lipinski definition) is 5. The van der Waals surface area contributed by atoms with Gasteiger partial charge in [-0.1, -0.05) is 25.4 Å². The van der Waals surface area contributed by atoms with Gasteiger partial charge in [0.25, 0.3) is 0 Å². The van der Waals surface area contributed by atoms with Crippen LogP contribution < -0.4 is 4.90 Å². The molecule has 1 saturated heterocycles. The SMILES string of the molecule is CC1CC(C)CN(c2oc(-c3ccc(F)cc3)nc2S(=O)(=O)c2ccc(Cl)cc2)C1. The summed E-state index contributed by atoms with van der Waals surface area (Å²) < 4.78 is 46.2. The minimum Gasteiger partial charge on any atom is -0.419 e. The summed E-state index contributed by atoms with van der Waals surface area (Å²) >= 11 is 5.92. The molecule has 2 atom stereocenters. The van der Waals surface area contributed by atoms with Crippen LogP contribution >= 0.6 is 11.6 Å². The maximum absolute atomic E-state index is 13.4. The van der Waals surface area contributed by atoms with Gasteiger partial charge in [-0.3, -0.25) is 0 Å². The number of nitrogens with zero attached hydrogens (tertiary/aromatic N) is 2. The second kappa shape index (κ2) is 8.04. The summed E-state index contributed by atoms with van der Waals surface area (Å²) in [7, 11) is -3.95. The van der Waals surface area contributed by atoms with Crippen LogP contribution in [0.4, 0.5) is 10.3 Å². The number of anilines is 1. The molecule has 1 fully saturated rings. The predicted molar refractivity (Wildman–Crippen MR) is 114 cm³/mol. The molecule has 0 saturated carbocycles. The third-order valence-corrected chi connectivity index (χ3v) is 7.12. The van der Waals surface area contributed by atoms with Crippen molar-refractivity contribution in [1.82, 2.24) is 4.98 Å². The molecule has 0 spiro atoms. The van der Waals surface area contributed by atoms with Gasteiger partial charge < -0.3 is 9.32 Å². The lowest BCUT2D eigenvalue weighted by Crippen LogP contribution is -2.39. The van der Waals surface area contributed by atoms with Crippen LogP contribution in [0.1, 0.15) is 20.3 Å². The van der Waals surface area contributed by atoms with Gasteiger partial charge >= 0.3 is 0 Å². The number of halogens is 2. The molecule has 158 valence electrons. The van der Waals surface area contributed by atoms with Crippen LogP contribution in [0, 0.1) is 17.7 Å². The number of aromatic nitrogens is 1. The van der Waals surface area contributed by atoms with Crippen LogP contribution in [0.5, 0.6) is 0 Å². The normalized spacial score (nSPS) is 19.8. The Morgan fingerprint density at radius 2 is 1.63 bits per heavy atom. The van der Waals surface area contributed by atoms with Crippen LogP contribution in [-0.2, 0) is 9.84 Å². The number of rotatable bonds is 4. The first-order chi connectivity index (χ1) is 14.2. The van der Waals surface area contributed by atoms with E-state index in [4.69, 9.17) is 16.0 Å². The first kappa shape index (κ1) is 20.9. The molecule has 3 aromatic rings. The monoisotopic (exact) mass is 448 g/mol. The lowest BCUT2D eigenvalue weighted by Gasteiger charge is -2.34. The summed E-state index contributed by atoms with van der Waals surface area (Å²) in [5.74, 6) is 0.753. The lowest BCUT2D eigenvalue weighted by atomic mass is 9.92. The van der Waals surface area contributed by atoms with Crippen LogP contribution in [0.15, 0.2) is 62.9 Å². The van der Waals surface area contributed by atoms with Gasteiger partial charge in [0.05, 0.1) is 4.90 Å². The van der Waals surface area contributed by atoms with Crippen molar-refractivity contribution < 1.29 is 17.2 Å². The summed E-state index contributed by atoms with van der Waals surface area (Å²) in [5, 5.41) is 0.311. The van der Waals surface area contributed by atoms with Gasteiger partial charge in [-0.2, -0.15) is 4.98 Å². The molecular weight excluding hydrogens is 427 g/mol. The molecule has 2 heterocycles. The summed E-state index contributed by atoms with van der Waals surface area (Å²) in [4.78, 5) is 6.39. The van der Waals surface area contributed by atoms with Gasteiger partial charge in [-0.15, -0.1) is 0 Å². The van der Waals surface area contributed by atoms with Crippen molar-refractivity contribution in [2.24, 2.45) is 11.8 Å². The van der Waals surface area contributed by atoms with E-state index in [1.54, 1.807) is 0 Å². The maximum Gasteiger partial charge on any atom is 0.236 e. The zero-order valence-corrected chi connectivity index (χ0v) is 18.3. The van der Waals surface area contributed by atoms with Crippen molar-refractivity contribution in [1.29, 1.82) is 0 Å². The average molecular weight is 449 g/mol. The first-order valence-electron chi connectivity index (χ1n) is 9.76. The zero-order chi connectivity index (χ0) is 21.5. The highest BCUT2D eigenvalue weighted by molar-refractivity contribution is 7.91. The van der Waals surface area contributed by atoms with Crippen molar-refractivity contribution in [2.75, 3.05) is 18.0 Å². The predicted octanol–water partition coefficient (Wildman–Crippen LogP) is 5.45. The number of oxazole rings is 1. The Bertz CT molecular complexity index is 1130. The Labute approximate surface area is 180 Å². The molecule has 4 rings (SSSR count). The van der Waals surface area contributed by atoms with Gasteiger partial charge in [-0.05, 0) is 66.8 Å². The maximum atomic E-state index is 13.4. The highest BCUT2D eigenvalue weighted by atomic mass is 35.5. The standard InChI is InChI=1S/C22H22ClFN2O3S/c1-14-11-15(2)13-26(12-14)22-21(30(27,28)19-9-5-17(23)6-10-19)25-20(29-22)16-3-7-18(24)8-4-16/h3-10,14-15H,11-13H2,1-2H3. The quantitative estimate of drug-likeness (QED) is 0.531. The minimum absolute atomic E-state index is 0.0882. The Morgan fingerprint density at radius 1 is 1.03 bits per heavy atom. The van der Waals surface area contributed by atoms with Crippen molar-refractivity contribution >= 4 is 27.3 Å². The molecule has 30 heavy (non-hydrogen) atoms. The minimum atomic E-state index is -3.95. The second-order valence-electron chi connectivity index (χ2n) is 7.94. The fraction of sp³-hybridized carbons (Fsp3) is 0.318. The Hall–Kier alpha value is -2.38. The van der Waals surface area contributed by atoms with E-state index in [9.17, 15) is 12.8 Å². The second-order valence-corrected chi connectivity index (χ2v) is 10.2. The van der Waals surface area contributed by atoms with E-state index < -0.39 is 15.7 Å². The molecule has 5 nitrogen and oxygen atoms in total. The molecule has 1 aliphatic rings. The Morgan fingerprint density at radius 3 is 2.23 bits per heavy atom. The third-order valence-electron chi connectivity index (χ3n) is 5.21. The summed E-state index contributed by atoms with van der Waals surface area (Å²) in [6.45, 7) is 5.61. The zero-order valence-electron chi connectivity index (χ0n) is 16.7. The van der Waals surface area contributed by atoms with Crippen molar-refractivity contribution in [2.45, 2.75) is 30.2 Å². The lowest BCUT2D eigenvalue weighted by molar-refractivity contribution is 0.342. The number of hydrogen-bond donors (Lipinski definition) is 0. The van der Waals surface area contributed by atoms with E-state index in [0.717, 1.165) is 6.42 Å². The Balaban J connectivity index is 1.85. The van der Waals surface area contributed by atoms with Gasteiger partial charge in [0.15, 0.2) is 0 Å². The molecule has 8 heteroatoms. The van der Waals surface area contributed by atoms with Crippen molar-refractivity contribution in [3.05, 3.63) is 59.4 Å². The molecule has 0 amide bonds. The molecule has 1 aromatic heterocycles. The third kappa shape index (κ3) is 4.09. The van der Waals surface area contributed by atoms with Crippen molar-refractivity contribution in [3.63, 3.8) is 0 Å².